The first kappa shape index (κ1) is 24.2. The third kappa shape index (κ3) is 6.35. The predicted molar refractivity (Wildman–Crippen MR) is 97.1 cm³/mol. The number of rotatable bonds is 7. The van der Waals surface area contributed by atoms with Crippen LogP contribution in [0.2, 0.25) is 13.1 Å². The van der Waals surface area contributed by atoms with E-state index in [0.29, 0.717) is 25.6 Å². The van der Waals surface area contributed by atoms with Crippen molar-refractivity contribution in [2.24, 2.45) is 10.8 Å². The third-order valence-corrected chi connectivity index (χ3v) is 5.64. The Morgan fingerprint density at radius 1 is 1.11 bits per heavy atom. The molecule has 0 aromatic heterocycles. The zero-order valence-electron chi connectivity index (χ0n) is 16.4. The van der Waals surface area contributed by atoms with Gasteiger partial charge in [-0.25, -0.2) is 0 Å². The lowest BCUT2D eigenvalue weighted by Gasteiger charge is -2.46. The number of hydrogen-bond acceptors (Lipinski definition) is 2. The van der Waals surface area contributed by atoms with Gasteiger partial charge in [-0.2, -0.15) is 26.3 Å². The summed E-state index contributed by atoms with van der Waals surface area (Å²) < 4.78 is 87.1. The van der Waals surface area contributed by atoms with Crippen molar-refractivity contribution in [2.45, 2.75) is 59.1 Å². The maximum Gasteiger partial charge on any atom is 0.416 e. The molecule has 0 spiro atoms. The van der Waals surface area contributed by atoms with Crippen molar-refractivity contribution in [2.75, 3.05) is 19.7 Å². The fraction of sp³-hybridized carbons (Fsp3) is 0.778. The topological polar surface area (TPSA) is 21.3 Å². The van der Waals surface area contributed by atoms with E-state index < -0.39 is 44.2 Å². The molecule has 0 amide bonds. The summed E-state index contributed by atoms with van der Waals surface area (Å²) in [5, 5.41) is 2.95. The summed E-state index contributed by atoms with van der Waals surface area (Å²) >= 11 is 0. The summed E-state index contributed by atoms with van der Waals surface area (Å²) in [5.74, 6) is 0. The van der Waals surface area contributed by atoms with Gasteiger partial charge in [0.15, 0.2) is 9.04 Å². The van der Waals surface area contributed by atoms with E-state index in [0.717, 1.165) is 6.08 Å². The molecule has 1 rings (SSSR count). The van der Waals surface area contributed by atoms with Gasteiger partial charge in [0.2, 0.25) is 0 Å². The maximum atomic E-state index is 13.9. The van der Waals surface area contributed by atoms with Crippen molar-refractivity contribution in [1.82, 2.24) is 5.32 Å². The highest BCUT2D eigenvalue weighted by Gasteiger charge is 2.61. The fourth-order valence-electron chi connectivity index (χ4n) is 3.12. The SMILES string of the molecule is C[SiH](C)OCCCNCC1=CC(C(F)(F)F)=CC(C(C)(C)C)(C(F)(F)F)C1. The Morgan fingerprint density at radius 2 is 1.70 bits per heavy atom. The minimum absolute atomic E-state index is 0.0135. The lowest BCUT2D eigenvalue weighted by molar-refractivity contribution is -0.238. The molecule has 0 aliphatic heterocycles. The molecular weight excluding hydrogens is 388 g/mol. The minimum Gasteiger partial charge on any atom is -0.421 e. The molecule has 0 saturated heterocycles. The van der Waals surface area contributed by atoms with Crippen LogP contribution in [0.25, 0.3) is 0 Å². The van der Waals surface area contributed by atoms with Crippen LogP contribution >= 0.6 is 0 Å². The fourth-order valence-corrected chi connectivity index (χ4v) is 3.76. The maximum absolute atomic E-state index is 13.9. The number of nitrogens with one attached hydrogen (secondary N) is 1. The lowest BCUT2D eigenvalue weighted by Crippen LogP contribution is -2.49. The molecule has 0 fully saturated rings. The molecule has 0 aromatic carbocycles. The van der Waals surface area contributed by atoms with E-state index in [-0.39, 0.29) is 12.1 Å². The van der Waals surface area contributed by atoms with E-state index in [1.165, 1.54) is 20.8 Å². The van der Waals surface area contributed by atoms with E-state index in [4.69, 9.17) is 4.43 Å². The van der Waals surface area contributed by atoms with Gasteiger partial charge in [0.05, 0.1) is 11.0 Å². The van der Waals surface area contributed by atoms with Crippen LogP contribution in [0.1, 0.15) is 33.6 Å². The molecule has 0 saturated carbocycles. The first-order valence-corrected chi connectivity index (χ1v) is 11.8. The Labute approximate surface area is 158 Å². The van der Waals surface area contributed by atoms with Crippen molar-refractivity contribution < 1.29 is 30.8 Å². The highest BCUT2D eigenvalue weighted by molar-refractivity contribution is 6.48. The van der Waals surface area contributed by atoms with Crippen molar-refractivity contribution in [3.8, 4) is 0 Å². The van der Waals surface area contributed by atoms with Crippen LogP contribution in [0.4, 0.5) is 26.3 Å². The second-order valence-electron chi connectivity index (χ2n) is 8.25. The summed E-state index contributed by atoms with van der Waals surface area (Å²) in [6.07, 6.45) is -8.23. The van der Waals surface area contributed by atoms with Gasteiger partial charge in [0.25, 0.3) is 0 Å². The van der Waals surface area contributed by atoms with Gasteiger partial charge >= 0.3 is 12.4 Å². The molecule has 1 N–H and O–H groups in total. The summed E-state index contributed by atoms with van der Waals surface area (Å²) in [6, 6.07) is 0. The average Bonchev–Trinajstić information content (AvgIpc) is 2.47. The van der Waals surface area contributed by atoms with E-state index in [9.17, 15) is 26.3 Å². The van der Waals surface area contributed by atoms with Crippen LogP contribution in [0.15, 0.2) is 23.3 Å². The molecule has 158 valence electrons. The Bertz CT molecular complexity index is 544. The Hall–Kier alpha value is -0.803. The largest absolute Gasteiger partial charge is 0.421 e. The molecule has 1 unspecified atom stereocenters. The van der Waals surface area contributed by atoms with Crippen molar-refractivity contribution in [3.05, 3.63) is 23.3 Å². The standard InChI is InChI=1S/C18H29F6NOSi/c1-15(2,3)16(18(22,23)24)10-13(9-14(11-16)17(19,20)21)12-25-7-6-8-26-27(4)5/h9,11,25,27H,6-8,10,12H2,1-5H3. The van der Waals surface area contributed by atoms with Gasteiger partial charge in [-0.05, 0) is 44.0 Å². The molecule has 0 heterocycles. The third-order valence-electron chi connectivity index (χ3n) is 4.74. The van der Waals surface area contributed by atoms with Crippen molar-refractivity contribution in [3.63, 3.8) is 0 Å². The monoisotopic (exact) mass is 417 g/mol. The van der Waals surface area contributed by atoms with Crippen LogP contribution < -0.4 is 5.32 Å². The zero-order valence-corrected chi connectivity index (χ0v) is 17.6. The van der Waals surface area contributed by atoms with Crippen LogP contribution in [-0.2, 0) is 4.43 Å². The van der Waals surface area contributed by atoms with Gasteiger partial charge in [0, 0.05) is 13.2 Å². The van der Waals surface area contributed by atoms with Gasteiger partial charge in [0.1, 0.15) is 0 Å². The van der Waals surface area contributed by atoms with Crippen LogP contribution in [0, 0.1) is 10.8 Å². The summed E-state index contributed by atoms with van der Waals surface area (Å²) in [4.78, 5) is 0. The smallest absolute Gasteiger partial charge is 0.416 e. The average molecular weight is 418 g/mol. The highest BCUT2D eigenvalue weighted by atomic mass is 28.3. The Kier molecular flexibility index (Phi) is 7.80. The number of alkyl halides is 6. The van der Waals surface area contributed by atoms with Gasteiger partial charge < -0.3 is 9.74 Å². The zero-order chi connectivity index (χ0) is 21.1. The molecule has 0 radical (unpaired) electrons. The summed E-state index contributed by atoms with van der Waals surface area (Å²) in [5.41, 5.74) is -5.11. The van der Waals surface area contributed by atoms with Gasteiger partial charge in [-0.1, -0.05) is 32.4 Å². The lowest BCUT2D eigenvalue weighted by atomic mass is 9.60. The van der Waals surface area contributed by atoms with Crippen LogP contribution in [0.3, 0.4) is 0 Å². The molecule has 0 bridgehead atoms. The summed E-state index contributed by atoms with van der Waals surface area (Å²) in [6.45, 7) is 9.02. The van der Waals surface area contributed by atoms with Crippen molar-refractivity contribution >= 4 is 9.04 Å². The quantitative estimate of drug-likeness (QED) is 0.341. The Balaban J connectivity index is 3.00. The van der Waals surface area contributed by atoms with E-state index in [1.807, 2.05) is 13.1 Å². The van der Waals surface area contributed by atoms with Crippen molar-refractivity contribution in [1.29, 1.82) is 0 Å². The van der Waals surface area contributed by atoms with E-state index in [1.54, 1.807) is 0 Å². The van der Waals surface area contributed by atoms with E-state index >= 15 is 0 Å². The molecule has 27 heavy (non-hydrogen) atoms. The molecule has 1 aliphatic rings. The molecule has 0 aromatic rings. The molecule has 1 aliphatic carbocycles. The van der Waals surface area contributed by atoms with Gasteiger partial charge in [-0.3, -0.25) is 0 Å². The number of hydrogen-bond donors (Lipinski definition) is 1. The molecule has 9 heteroatoms. The Morgan fingerprint density at radius 3 is 2.15 bits per heavy atom. The first-order valence-electron chi connectivity index (χ1n) is 8.99. The molecule has 2 nitrogen and oxygen atoms in total. The van der Waals surface area contributed by atoms with Gasteiger partial charge in [-0.15, -0.1) is 0 Å². The molecular formula is C18H29F6NOSi. The van der Waals surface area contributed by atoms with Crippen LogP contribution in [0.5, 0.6) is 0 Å². The number of halogens is 6. The summed E-state index contributed by atoms with van der Waals surface area (Å²) in [7, 11) is -1.13. The normalized spacial score (nSPS) is 22.1. The number of allylic oxidation sites excluding steroid dienone is 3. The molecule has 1 atom stereocenters. The minimum atomic E-state index is -4.83. The predicted octanol–water partition coefficient (Wildman–Crippen LogP) is 5.38. The second-order valence-corrected chi connectivity index (χ2v) is 10.7. The highest BCUT2D eigenvalue weighted by Crippen LogP contribution is 2.58. The second kappa shape index (κ2) is 8.69. The van der Waals surface area contributed by atoms with E-state index in [2.05, 4.69) is 5.32 Å². The first-order chi connectivity index (χ1) is 12.1. The van der Waals surface area contributed by atoms with Crippen LogP contribution in [-0.4, -0.2) is 41.1 Å².